The van der Waals surface area contributed by atoms with Crippen LogP contribution in [0.15, 0.2) is 84.9 Å². The fourth-order valence-corrected chi connectivity index (χ4v) is 6.65. The van der Waals surface area contributed by atoms with Gasteiger partial charge in [0.15, 0.2) is 0 Å². The Bertz CT molecular complexity index is 1600. The first-order valence-electron chi connectivity index (χ1n) is 18.0. The molecule has 0 aliphatic rings. The van der Waals surface area contributed by atoms with Gasteiger partial charge in [-0.15, -0.1) is 0 Å². The van der Waals surface area contributed by atoms with Gasteiger partial charge in [0, 0.05) is 31.2 Å². The summed E-state index contributed by atoms with van der Waals surface area (Å²) in [5, 5.41) is 5.82. The van der Waals surface area contributed by atoms with Gasteiger partial charge in [0.1, 0.15) is 6.61 Å². The molecule has 13 heteroatoms. The van der Waals surface area contributed by atoms with Crippen molar-refractivity contribution in [3.05, 3.63) is 96.1 Å². The van der Waals surface area contributed by atoms with E-state index in [1.807, 2.05) is 84.9 Å². The second kappa shape index (κ2) is 22.0. The number of amides is 1. The van der Waals surface area contributed by atoms with Crippen LogP contribution in [0.5, 0.6) is 0 Å². The van der Waals surface area contributed by atoms with Crippen LogP contribution in [-0.4, -0.2) is 55.3 Å². The van der Waals surface area contributed by atoms with Crippen molar-refractivity contribution in [3.63, 3.8) is 0 Å². The normalized spacial score (nSPS) is 14.1. The van der Waals surface area contributed by atoms with Crippen LogP contribution in [0.4, 0.5) is 0 Å². The Morgan fingerprint density at radius 3 is 1.68 bits per heavy atom. The number of nitrogens with one attached hydrogen (secondary N) is 2. The molecule has 12 nitrogen and oxygen atoms in total. The molecule has 0 radical (unpaired) electrons. The molecule has 288 valence electrons. The third-order valence-corrected chi connectivity index (χ3v) is 9.54. The molecular weight excluding hydrogens is 699 g/mol. The minimum absolute atomic E-state index is 0.00692. The van der Waals surface area contributed by atoms with Gasteiger partial charge in [-0.25, -0.2) is 0 Å². The van der Waals surface area contributed by atoms with Crippen molar-refractivity contribution in [1.82, 2.24) is 10.6 Å². The van der Waals surface area contributed by atoms with Crippen molar-refractivity contribution >= 4 is 31.4 Å². The minimum atomic E-state index is -4.32. The molecule has 0 aromatic heterocycles. The molecule has 3 aromatic carbocycles. The number of rotatable bonds is 22. The lowest BCUT2D eigenvalue weighted by molar-refractivity contribution is -0.178. The zero-order valence-electron chi connectivity index (χ0n) is 31.4. The third kappa shape index (κ3) is 15.3. The second-order valence-corrected chi connectivity index (χ2v) is 15.1. The Morgan fingerprint density at radius 1 is 0.660 bits per heavy atom. The maximum absolute atomic E-state index is 14.6. The van der Waals surface area contributed by atoms with Crippen LogP contribution < -0.4 is 10.6 Å². The fraction of sp³-hybridized carbons (Fsp3) is 0.450. The van der Waals surface area contributed by atoms with Gasteiger partial charge in [-0.2, -0.15) is 0 Å². The quantitative estimate of drug-likeness (QED) is 0.0465. The molecule has 0 aliphatic heterocycles. The van der Waals surface area contributed by atoms with E-state index in [9.17, 15) is 23.7 Å². The molecule has 1 amide bonds. The van der Waals surface area contributed by atoms with Gasteiger partial charge in [-0.3, -0.25) is 38.1 Å². The topological polar surface area (TPSA) is 156 Å². The molecule has 0 heterocycles. The van der Waals surface area contributed by atoms with Crippen molar-refractivity contribution in [2.45, 2.75) is 92.5 Å². The van der Waals surface area contributed by atoms with Crippen LogP contribution in [0.3, 0.4) is 0 Å². The van der Waals surface area contributed by atoms with E-state index < -0.39 is 68.2 Å². The summed E-state index contributed by atoms with van der Waals surface area (Å²) in [4.78, 5) is 50.7. The van der Waals surface area contributed by atoms with Crippen LogP contribution >= 0.6 is 7.60 Å². The summed E-state index contributed by atoms with van der Waals surface area (Å²) in [6, 6.07) is 25.8. The van der Waals surface area contributed by atoms with Crippen molar-refractivity contribution in [2.75, 3.05) is 12.8 Å². The lowest BCUT2D eigenvalue weighted by Crippen LogP contribution is -2.47. The molecular formula is C40H53N2O10P. The zero-order chi connectivity index (χ0) is 38.8. The Morgan fingerprint density at radius 2 is 1.17 bits per heavy atom. The van der Waals surface area contributed by atoms with Crippen LogP contribution in [-0.2, 0) is 60.0 Å². The minimum Gasteiger partial charge on any atom is -0.461 e. The smallest absolute Gasteiger partial charge is 0.350 e. The molecule has 53 heavy (non-hydrogen) atoms. The van der Waals surface area contributed by atoms with Crippen molar-refractivity contribution < 1.29 is 47.0 Å². The average molecular weight is 753 g/mol. The summed E-state index contributed by atoms with van der Waals surface area (Å²) in [5.41, 5.74) is 3.67. The van der Waals surface area contributed by atoms with Gasteiger partial charge in [0.05, 0.1) is 18.7 Å². The molecule has 4 atom stereocenters. The van der Waals surface area contributed by atoms with E-state index in [0.717, 1.165) is 22.3 Å². The Balaban J connectivity index is 1.83. The van der Waals surface area contributed by atoms with E-state index in [1.165, 1.54) is 0 Å². The van der Waals surface area contributed by atoms with Gasteiger partial charge >= 0.3 is 25.5 Å². The number of hydrogen-bond acceptors (Lipinski definition) is 11. The number of carbonyl (C=O) groups is 4. The van der Waals surface area contributed by atoms with Crippen molar-refractivity contribution in [1.29, 1.82) is 0 Å². The largest absolute Gasteiger partial charge is 0.461 e. The SMILES string of the molecule is CCC(=O)OC(OP(=O)(CNC(Cc1ccc(-c2ccccc2)cc1)C(=O)NCCC(=O)OCc1ccccc1)O[C@H](OC(=O)CC)C(C)C)C(C)C. The Labute approximate surface area is 312 Å². The molecule has 0 aliphatic carbocycles. The summed E-state index contributed by atoms with van der Waals surface area (Å²) in [5.74, 6) is -2.96. The number of ether oxygens (including phenoxy) is 3. The van der Waals surface area contributed by atoms with Crippen LogP contribution in [0.1, 0.15) is 71.9 Å². The molecule has 0 saturated carbocycles. The number of benzene rings is 3. The van der Waals surface area contributed by atoms with E-state index in [4.69, 9.17) is 23.3 Å². The first kappa shape index (κ1) is 43.1. The molecule has 3 rings (SSSR count). The van der Waals surface area contributed by atoms with Crippen molar-refractivity contribution in [3.8, 4) is 11.1 Å². The van der Waals surface area contributed by atoms with Crippen LogP contribution in [0, 0.1) is 11.8 Å². The summed E-state index contributed by atoms with van der Waals surface area (Å²) in [6.45, 7) is 10.2. The number of carbonyl (C=O) groups excluding carboxylic acids is 4. The summed E-state index contributed by atoms with van der Waals surface area (Å²) >= 11 is 0. The van der Waals surface area contributed by atoms with E-state index in [1.54, 1.807) is 41.5 Å². The average Bonchev–Trinajstić information content (AvgIpc) is 3.15. The predicted molar refractivity (Wildman–Crippen MR) is 201 cm³/mol. The molecule has 0 saturated heterocycles. The van der Waals surface area contributed by atoms with Gasteiger partial charge in [0.25, 0.3) is 0 Å². The Hall–Kier alpha value is -4.35. The van der Waals surface area contributed by atoms with Gasteiger partial charge < -0.3 is 19.5 Å². The Kier molecular flexibility index (Phi) is 17.9. The first-order chi connectivity index (χ1) is 25.3. The highest BCUT2D eigenvalue weighted by Crippen LogP contribution is 2.51. The highest BCUT2D eigenvalue weighted by atomic mass is 31.2. The molecule has 0 spiro atoms. The van der Waals surface area contributed by atoms with E-state index in [-0.39, 0.29) is 38.8 Å². The first-order valence-corrected chi connectivity index (χ1v) is 19.7. The molecule has 3 unspecified atom stereocenters. The van der Waals surface area contributed by atoms with Crippen molar-refractivity contribution in [2.24, 2.45) is 11.8 Å². The van der Waals surface area contributed by atoms with E-state index >= 15 is 0 Å². The molecule has 2 N–H and O–H groups in total. The number of hydrogen-bond donors (Lipinski definition) is 2. The van der Waals surface area contributed by atoms with Gasteiger partial charge in [0.2, 0.25) is 18.5 Å². The summed E-state index contributed by atoms with van der Waals surface area (Å²) < 4.78 is 42.7. The van der Waals surface area contributed by atoms with Gasteiger partial charge in [-0.05, 0) is 28.7 Å². The standard InChI is InChI=1S/C40H53N2O10P/c1-7-35(43)49-39(28(3)4)51-53(47,52-40(29(5)6)50-36(44)8-2)27-42-34(25-30-19-21-33(22-20-30)32-17-13-10-14-18-32)38(46)41-24-23-37(45)48-26-31-15-11-9-12-16-31/h9-22,28-29,34,39-40,42H,7-8,23-27H2,1-6H3,(H,41,46)/t34?,39-,40?,53?/m0/s1. The lowest BCUT2D eigenvalue weighted by Gasteiger charge is -2.31. The van der Waals surface area contributed by atoms with E-state index in [2.05, 4.69) is 10.6 Å². The summed E-state index contributed by atoms with van der Waals surface area (Å²) in [6.07, 6.45) is -2.82. The third-order valence-electron chi connectivity index (χ3n) is 7.91. The molecule has 0 bridgehead atoms. The lowest BCUT2D eigenvalue weighted by atomic mass is 10.0. The maximum Gasteiger partial charge on any atom is 0.350 e. The molecule has 3 aromatic rings. The second-order valence-electron chi connectivity index (χ2n) is 13.1. The highest BCUT2D eigenvalue weighted by Gasteiger charge is 2.38. The number of esters is 3. The molecule has 0 fully saturated rings. The predicted octanol–water partition coefficient (Wildman–Crippen LogP) is 7.16. The zero-order valence-corrected chi connectivity index (χ0v) is 32.3. The van der Waals surface area contributed by atoms with Crippen LogP contribution in [0.2, 0.25) is 0 Å². The monoisotopic (exact) mass is 752 g/mol. The van der Waals surface area contributed by atoms with Gasteiger partial charge in [-0.1, -0.05) is 126 Å². The summed E-state index contributed by atoms with van der Waals surface area (Å²) in [7, 11) is -4.32. The fourth-order valence-electron chi connectivity index (χ4n) is 4.80. The maximum atomic E-state index is 14.6. The van der Waals surface area contributed by atoms with E-state index in [0.29, 0.717) is 0 Å². The van der Waals surface area contributed by atoms with Crippen LogP contribution in [0.25, 0.3) is 11.1 Å². The highest BCUT2D eigenvalue weighted by molar-refractivity contribution is 7.53.